The van der Waals surface area contributed by atoms with Crippen molar-refractivity contribution in [1.29, 1.82) is 0 Å². The number of phenols is 2. The van der Waals surface area contributed by atoms with Crippen molar-refractivity contribution in [3.8, 4) is 45.3 Å². The quantitative estimate of drug-likeness (QED) is 0.222. The van der Waals surface area contributed by atoms with Gasteiger partial charge < -0.3 is 29.2 Å². The molecule has 6 heteroatoms. The van der Waals surface area contributed by atoms with Gasteiger partial charge in [-0.2, -0.15) is 0 Å². The maximum atomic E-state index is 11.9. The van der Waals surface area contributed by atoms with Crippen LogP contribution in [0.4, 0.5) is 0 Å². The third kappa shape index (κ3) is 4.73. The monoisotopic (exact) mass is 548 g/mol. The van der Waals surface area contributed by atoms with E-state index < -0.39 is 5.79 Å². The molecule has 5 aromatic carbocycles. The molecule has 0 amide bonds. The van der Waals surface area contributed by atoms with Crippen LogP contribution in [0.2, 0.25) is 0 Å². The molecule has 0 aliphatic carbocycles. The summed E-state index contributed by atoms with van der Waals surface area (Å²) < 4.78 is 24.8. The van der Waals surface area contributed by atoms with Crippen molar-refractivity contribution in [3.63, 3.8) is 0 Å². The molecule has 6 nitrogen and oxygen atoms in total. The lowest BCUT2D eigenvalue weighted by molar-refractivity contribution is -0.147. The van der Waals surface area contributed by atoms with Crippen LogP contribution >= 0.6 is 0 Å². The Kier molecular flexibility index (Phi) is 6.25. The normalized spacial score (nSPS) is 20.1. The van der Waals surface area contributed by atoms with Gasteiger partial charge >= 0.3 is 0 Å². The van der Waals surface area contributed by atoms with Crippen molar-refractivity contribution >= 4 is 21.5 Å². The summed E-state index contributed by atoms with van der Waals surface area (Å²) in [4.78, 5) is 0. The Morgan fingerprint density at radius 1 is 0.659 bits per heavy atom. The van der Waals surface area contributed by atoms with Crippen LogP contribution in [0.25, 0.3) is 43.8 Å². The molecule has 2 aliphatic rings. The van der Waals surface area contributed by atoms with E-state index in [0.717, 1.165) is 27.1 Å². The van der Waals surface area contributed by atoms with E-state index >= 15 is 0 Å². The molecular weight excluding hydrogens is 516 g/mol. The maximum Gasteiger partial charge on any atom is 0.163 e. The first-order valence-electron chi connectivity index (χ1n) is 14.1. The lowest BCUT2D eigenvalue weighted by Crippen LogP contribution is -2.26. The summed E-state index contributed by atoms with van der Waals surface area (Å²) in [6, 6.07) is 27.1. The lowest BCUT2D eigenvalue weighted by atomic mass is 9.88. The molecule has 2 heterocycles. The summed E-state index contributed by atoms with van der Waals surface area (Å²) in [7, 11) is 0. The number of benzene rings is 5. The first-order valence-corrected chi connectivity index (χ1v) is 14.1. The average molecular weight is 549 g/mol. The van der Waals surface area contributed by atoms with Gasteiger partial charge in [0, 0.05) is 29.5 Å². The number of rotatable bonds is 1. The highest BCUT2D eigenvalue weighted by Crippen LogP contribution is 2.49. The number of aromatic hydroxyl groups is 2. The lowest BCUT2D eigenvalue weighted by Gasteiger charge is -2.20. The van der Waals surface area contributed by atoms with Crippen LogP contribution in [0, 0.1) is 0 Å². The van der Waals surface area contributed by atoms with Crippen LogP contribution in [-0.4, -0.2) is 41.4 Å². The second kappa shape index (κ2) is 9.98. The van der Waals surface area contributed by atoms with Crippen molar-refractivity contribution in [2.24, 2.45) is 0 Å². The highest BCUT2D eigenvalue weighted by Gasteiger charge is 2.40. The zero-order valence-electron chi connectivity index (χ0n) is 23.1. The molecule has 0 saturated carbocycles. The van der Waals surface area contributed by atoms with E-state index in [9.17, 15) is 10.2 Å². The Labute approximate surface area is 238 Å². The van der Waals surface area contributed by atoms with Crippen LogP contribution in [0.3, 0.4) is 0 Å². The minimum atomic E-state index is -0.667. The molecule has 0 aromatic heterocycles. The summed E-state index contributed by atoms with van der Waals surface area (Å²) in [5.74, 6) is 0.858. The Hall–Kier alpha value is -4.26. The number of ether oxygens (including phenoxy) is 4. The molecule has 4 bridgehead atoms. The fourth-order valence-electron chi connectivity index (χ4n) is 6.17. The van der Waals surface area contributed by atoms with Crippen molar-refractivity contribution < 1.29 is 29.2 Å². The van der Waals surface area contributed by atoms with Gasteiger partial charge in [-0.15, -0.1) is 0 Å². The largest absolute Gasteiger partial charge is 0.507 e. The molecule has 1 fully saturated rings. The summed E-state index contributed by atoms with van der Waals surface area (Å²) >= 11 is 0. The van der Waals surface area contributed by atoms with Crippen LogP contribution in [0.15, 0.2) is 84.9 Å². The van der Waals surface area contributed by atoms with Gasteiger partial charge in [-0.25, -0.2) is 0 Å². The fraction of sp³-hybridized carbons (Fsp3) is 0.257. The zero-order chi connectivity index (χ0) is 28.1. The Bertz CT molecular complexity index is 1760. The van der Waals surface area contributed by atoms with Crippen molar-refractivity contribution in [1.82, 2.24) is 0 Å². The van der Waals surface area contributed by atoms with E-state index in [2.05, 4.69) is 0 Å². The van der Waals surface area contributed by atoms with Gasteiger partial charge in [0.05, 0.1) is 25.4 Å². The molecule has 5 aromatic rings. The van der Waals surface area contributed by atoms with Gasteiger partial charge in [0.25, 0.3) is 0 Å². The maximum absolute atomic E-state index is 11.9. The minimum absolute atomic E-state index is 0.0745. The Morgan fingerprint density at radius 2 is 1.24 bits per heavy atom. The van der Waals surface area contributed by atoms with Crippen molar-refractivity contribution in [2.45, 2.75) is 44.7 Å². The summed E-state index contributed by atoms with van der Waals surface area (Å²) in [6.45, 7) is 4.75. The molecule has 208 valence electrons. The number of hydrogen-bond donors (Lipinski definition) is 2. The molecule has 0 unspecified atom stereocenters. The van der Waals surface area contributed by atoms with Crippen molar-refractivity contribution in [3.05, 3.63) is 84.9 Å². The van der Waals surface area contributed by atoms with Crippen molar-refractivity contribution in [2.75, 3.05) is 13.2 Å². The number of hydrogen-bond acceptors (Lipinski definition) is 6. The summed E-state index contributed by atoms with van der Waals surface area (Å²) in [5.41, 5.74) is 2.67. The van der Waals surface area contributed by atoms with E-state index in [4.69, 9.17) is 18.9 Å². The SMILES string of the molecule is CC1(C)O[C@@H]2CCOc3ccc4ccc(O)c(c4c3)-c3c(O)c(-c4ccccc4)cc4ccc(cc34)OCC[C@H]2O1. The smallest absolute Gasteiger partial charge is 0.163 e. The van der Waals surface area contributed by atoms with Gasteiger partial charge in [-0.3, -0.25) is 0 Å². The van der Waals surface area contributed by atoms with Crippen LogP contribution in [0.1, 0.15) is 26.7 Å². The third-order valence-electron chi connectivity index (χ3n) is 8.02. The van der Waals surface area contributed by atoms with Crippen LogP contribution < -0.4 is 9.47 Å². The first kappa shape index (κ1) is 25.7. The Balaban J connectivity index is 1.46. The molecule has 0 spiro atoms. The summed E-state index contributed by atoms with van der Waals surface area (Å²) in [5, 5.41) is 26.6. The second-order valence-electron chi connectivity index (χ2n) is 11.2. The zero-order valence-corrected chi connectivity index (χ0v) is 23.1. The minimum Gasteiger partial charge on any atom is -0.507 e. The molecule has 2 aliphatic heterocycles. The highest BCUT2D eigenvalue weighted by molar-refractivity contribution is 6.12. The first-order chi connectivity index (χ1) is 19.9. The number of phenolic OH excluding ortho intramolecular Hbond substituents is 2. The van der Waals surface area contributed by atoms with E-state index in [0.29, 0.717) is 54.2 Å². The van der Waals surface area contributed by atoms with E-state index in [1.54, 1.807) is 6.07 Å². The predicted octanol–water partition coefficient (Wildman–Crippen LogP) is 7.81. The van der Waals surface area contributed by atoms with Gasteiger partial charge in [-0.05, 0) is 77.4 Å². The van der Waals surface area contributed by atoms with Crippen LogP contribution in [0.5, 0.6) is 23.0 Å². The van der Waals surface area contributed by atoms with Gasteiger partial charge in [0.1, 0.15) is 23.0 Å². The predicted molar refractivity (Wildman–Crippen MR) is 160 cm³/mol. The van der Waals surface area contributed by atoms with E-state index in [-0.39, 0.29) is 23.7 Å². The second-order valence-corrected chi connectivity index (χ2v) is 11.2. The molecule has 1 saturated heterocycles. The molecular formula is C35H32O6. The van der Waals surface area contributed by atoms with Gasteiger partial charge in [0.15, 0.2) is 5.79 Å². The van der Waals surface area contributed by atoms with E-state index in [1.807, 2.05) is 92.7 Å². The molecule has 41 heavy (non-hydrogen) atoms. The highest BCUT2D eigenvalue weighted by atomic mass is 16.8. The number of fused-ring (bicyclic) bond motifs is 4. The van der Waals surface area contributed by atoms with Gasteiger partial charge in [-0.1, -0.05) is 48.5 Å². The topological polar surface area (TPSA) is 77.4 Å². The third-order valence-corrected chi connectivity index (χ3v) is 8.02. The van der Waals surface area contributed by atoms with Crippen LogP contribution in [-0.2, 0) is 9.47 Å². The standard InChI is InChI=1S/C35H32O6/c1-35(2)40-30-14-16-38-24-11-8-22-10-13-29(36)32(26(22)19-24)33-27-20-25(39-17-15-31(30)41-35)12-9-23(27)18-28(34(33)37)21-6-4-3-5-7-21/h3-13,18-20,30-31,36-37H,14-17H2,1-2H3/t30-,31-/m1/s1. The molecule has 7 rings (SSSR count). The summed E-state index contributed by atoms with van der Waals surface area (Å²) in [6.07, 6.45) is 1.09. The van der Waals surface area contributed by atoms with E-state index in [1.165, 1.54) is 0 Å². The average Bonchev–Trinajstić information content (AvgIpc) is 3.26. The molecule has 2 N–H and O–H groups in total. The Morgan fingerprint density at radius 3 is 1.90 bits per heavy atom. The fourth-order valence-corrected chi connectivity index (χ4v) is 6.17. The molecule has 0 radical (unpaired) electrons. The van der Waals surface area contributed by atoms with Gasteiger partial charge in [0.2, 0.25) is 0 Å². The molecule has 2 atom stereocenters.